The van der Waals surface area contributed by atoms with Crippen LogP contribution >= 0.6 is 0 Å². The maximum absolute atomic E-state index is 5.92. The fourth-order valence-electron chi connectivity index (χ4n) is 4.28. The fraction of sp³-hybridized carbons (Fsp3) is 0.300. The van der Waals surface area contributed by atoms with Gasteiger partial charge in [0.1, 0.15) is 5.69 Å². The maximum Gasteiger partial charge on any atom is 0.318 e. The Morgan fingerprint density at radius 1 is 1.10 bits per heavy atom. The summed E-state index contributed by atoms with van der Waals surface area (Å²) in [5, 5.41) is 22.5. The van der Waals surface area contributed by atoms with Crippen molar-refractivity contribution in [2.45, 2.75) is 12.5 Å². The first-order chi connectivity index (χ1) is 14.8. The summed E-state index contributed by atoms with van der Waals surface area (Å²) in [7, 11) is 0. The predicted octanol–water partition coefficient (Wildman–Crippen LogP) is 2.11. The maximum atomic E-state index is 5.92. The van der Waals surface area contributed by atoms with Gasteiger partial charge in [-0.05, 0) is 23.5 Å². The Bertz CT molecular complexity index is 1130. The highest BCUT2D eigenvalue weighted by Crippen LogP contribution is 2.57. The van der Waals surface area contributed by atoms with Gasteiger partial charge in [-0.25, -0.2) is 9.97 Å². The molecule has 10 nitrogen and oxygen atoms in total. The molecule has 6 rings (SSSR count). The monoisotopic (exact) mass is 401 g/mol. The summed E-state index contributed by atoms with van der Waals surface area (Å²) in [6.07, 6.45) is 3.50. The molecule has 0 radical (unpaired) electrons. The van der Waals surface area contributed by atoms with Gasteiger partial charge in [-0.3, -0.25) is 0 Å². The van der Waals surface area contributed by atoms with Crippen LogP contribution < -0.4 is 10.2 Å². The highest BCUT2D eigenvalue weighted by Gasteiger charge is 2.58. The van der Waals surface area contributed by atoms with Crippen molar-refractivity contribution in [2.75, 3.05) is 23.3 Å². The highest BCUT2D eigenvalue weighted by molar-refractivity contribution is 5.50. The van der Waals surface area contributed by atoms with Gasteiger partial charge in [0, 0.05) is 31.7 Å². The Kier molecular flexibility index (Phi) is 3.93. The molecule has 2 aliphatic rings. The van der Waals surface area contributed by atoms with E-state index in [-0.39, 0.29) is 0 Å². The molecule has 0 bridgehead atoms. The summed E-state index contributed by atoms with van der Waals surface area (Å²) < 4.78 is 5.92. The molecule has 1 aromatic carbocycles. The second-order valence-electron chi connectivity index (χ2n) is 7.65. The summed E-state index contributed by atoms with van der Waals surface area (Å²) in [4.78, 5) is 10.9. The van der Waals surface area contributed by atoms with E-state index in [1.165, 1.54) is 0 Å². The molecule has 1 aliphatic heterocycles. The van der Waals surface area contributed by atoms with Gasteiger partial charge >= 0.3 is 6.01 Å². The van der Waals surface area contributed by atoms with E-state index in [9.17, 15) is 0 Å². The van der Waals surface area contributed by atoms with Crippen LogP contribution in [0.1, 0.15) is 17.2 Å². The smallest absolute Gasteiger partial charge is 0.318 e. The Morgan fingerprint density at radius 2 is 1.97 bits per heavy atom. The normalized spacial score (nSPS) is 22.1. The number of nitrogens with one attached hydrogen (secondary N) is 2. The van der Waals surface area contributed by atoms with Crippen molar-refractivity contribution in [3.8, 4) is 11.6 Å². The van der Waals surface area contributed by atoms with E-state index >= 15 is 0 Å². The summed E-state index contributed by atoms with van der Waals surface area (Å²) in [5.41, 5.74) is 2.81. The summed E-state index contributed by atoms with van der Waals surface area (Å²) in [6.45, 7) is 2.41. The molecular formula is C20H19N9O. The largest absolute Gasteiger partial charge is 0.402 e. The van der Waals surface area contributed by atoms with E-state index in [2.05, 4.69) is 57.9 Å². The zero-order valence-corrected chi connectivity index (χ0v) is 16.0. The van der Waals surface area contributed by atoms with Crippen LogP contribution in [-0.4, -0.2) is 48.7 Å². The van der Waals surface area contributed by atoms with Crippen LogP contribution in [-0.2, 0) is 6.54 Å². The Labute approximate surface area is 171 Å². The number of hydrogen-bond donors (Lipinski definition) is 2. The number of H-pyrrole nitrogens is 1. The fourth-order valence-corrected chi connectivity index (χ4v) is 4.28. The first kappa shape index (κ1) is 17.1. The van der Waals surface area contributed by atoms with Crippen LogP contribution in [0, 0.1) is 11.8 Å². The molecule has 0 amide bonds. The van der Waals surface area contributed by atoms with E-state index in [4.69, 9.17) is 4.42 Å². The SMILES string of the molecule is c1ccc(CNc2nccc(-c3nnc(N4CC5C(C4)C5c4cn[nH]n4)o3)n2)cc1. The second-order valence-corrected chi connectivity index (χ2v) is 7.65. The second kappa shape index (κ2) is 6.90. The molecule has 30 heavy (non-hydrogen) atoms. The summed E-state index contributed by atoms with van der Waals surface area (Å²) >= 11 is 0. The molecule has 10 heteroatoms. The van der Waals surface area contributed by atoms with Gasteiger partial charge in [0.25, 0.3) is 5.89 Å². The summed E-state index contributed by atoms with van der Waals surface area (Å²) in [5.74, 6) is 2.54. The number of benzene rings is 1. The molecule has 4 aromatic rings. The molecule has 2 N–H and O–H groups in total. The average molecular weight is 401 g/mol. The van der Waals surface area contributed by atoms with Crippen molar-refractivity contribution in [3.05, 3.63) is 60.0 Å². The van der Waals surface area contributed by atoms with Gasteiger partial charge in [0.2, 0.25) is 5.95 Å². The highest BCUT2D eigenvalue weighted by atomic mass is 16.4. The zero-order chi connectivity index (χ0) is 19.9. The van der Waals surface area contributed by atoms with Gasteiger partial charge in [0.05, 0.1) is 11.9 Å². The minimum atomic E-state index is 0.392. The van der Waals surface area contributed by atoms with Crippen LogP contribution in [0.3, 0.4) is 0 Å². The zero-order valence-electron chi connectivity index (χ0n) is 16.0. The average Bonchev–Trinajstić information content (AvgIpc) is 3.33. The van der Waals surface area contributed by atoms with Crippen molar-refractivity contribution in [1.29, 1.82) is 0 Å². The van der Waals surface area contributed by atoms with Crippen molar-refractivity contribution < 1.29 is 4.42 Å². The van der Waals surface area contributed by atoms with Gasteiger partial charge in [-0.1, -0.05) is 35.4 Å². The van der Waals surface area contributed by atoms with Gasteiger partial charge in [-0.15, -0.1) is 5.10 Å². The molecule has 0 spiro atoms. The molecule has 2 unspecified atom stereocenters. The Balaban J connectivity index is 1.12. The Morgan fingerprint density at radius 3 is 2.77 bits per heavy atom. The number of rotatable bonds is 6. The number of piperidine rings is 1. The molecule has 1 saturated carbocycles. The number of aromatic nitrogens is 7. The predicted molar refractivity (Wildman–Crippen MR) is 107 cm³/mol. The van der Waals surface area contributed by atoms with E-state index in [0.29, 0.717) is 47.8 Å². The lowest BCUT2D eigenvalue weighted by Gasteiger charge is -2.15. The lowest BCUT2D eigenvalue weighted by molar-refractivity contribution is 0.542. The molecule has 3 aromatic heterocycles. The van der Waals surface area contributed by atoms with Crippen LogP contribution in [0.2, 0.25) is 0 Å². The van der Waals surface area contributed by atoms with Gasteiger partial charge < -0.3 is 14.6 Å². The minimum absolute atomic E-state index is 0.392. The third kappa shape index (κ3) is 3.06. The summed E-state index contributed by atoms with van der Waals surface area (Å²) in [6, 6.07) is 12.4. The molecule has 2 atom stereocenters. The molecular weight excluding hydrogens is 382 g/mol. The molecule has 4 heterocycles. The van der Waals surface area contributed by atoms with Crippen LogP contribution in [0.4, 0.5) is 12.0 Å². The van der Waals surface area contributed by atoms with Crippen molar-refractivity contribution in [3.63, 3.8) is 0 Å². The lowest BCUT2D eigenvalue weighted by Crippen LogP contribution is -2.23. The van der Waals surface area contributed by atoms with Crippen molar-refractivity contribution >= 4 is 12.0 Å². The first-order valence-electron chi connectivity index (χ1n) is 9.90. The first-order valence-corrected chi connectivity index (χ1v) is 9.90. The van der Waals surface area contributed by atoms with Crippen LogP contribution in [0.15, 0.2) is 53.2 Å². The third-order valence-corrected chi connectivity index (χ3v) is 5.82. The molecule has 150 valence electrons. The van der Waals surface area contributed by atoms with Crippen molar-refractivity contribution in [2.24, 2.45) is 11.8 Å². The topological polar surface area (TPSA) is 122 Å². The number of hydrogen-bond acceptors (Lipinski definition) is 9. The van der Waals surface area contributed by atoms with Crippen LogP contribution in [0.5, 0.6) is 0 Å². The van der Waals surface area contributed by atoms with E-state index in [1.54, 1.807) is 12.3 Å². The number of fused-ring (bicyclic) bond motifs is 1. The quantitative estimate of drug-likeness (QED) is 0.500. The molecule has 1 saturated heterocycles. The minimum Gasteiger partial charge on any atom is -0.402 e. The van der Waals surface area contributed by atoms with E-state index < -0.39 is 0 Å². The van der Waals surface area contributed by atoms with E-state index in [1.807, 2.05) is 24.4 Å². The number of aromatic amines is 1. The van der Waals surface area contributed by atoms with E-state index in [0.717, 1.165) is 24.3 Å². The third-order valence-electron chi connectivity index (χ3n) is 5.82. The van der Waals surface area contributed by atoms with Crippen molar-refractivity contribution in [1.82, 2.24) is 35.6 Å². The molecule has 2 fully saturated rings. The Hall–Kier alpha value is -3.82. The van der Waals surface area contributed by atoms with Crippen LogP contribution in [0.25, 0.3) is 11.6 Å². The standard InChI is InChI=1S/C20H19N9O/c1-2-4-12(5-3-1)8-22-19-21-7-6-15(24-19)18-26-27-20(30-18)29-10-13-14(11-29)17(13)16-9-23-28-25-16/h1-7,9,13-14,17H,8,10-11H2,(H,21,22,24)(H,23,25,28). The number of nitrogens with zero attached hydrogens (tertiary/aromatic N) is 7. The molecule has 1 aliphatic carbocycles. The lowest BCUT2D eigenvalue weighted by atomic mass is 10.2. The van der Waals surface area contributed by atoms with Gasteiger partial charge in [0.15, 0.2) is 0 Å². The number of anilines is 2. The van der Waals surface area contributed by atoms with Gasteiger partial charge in [-0.2, -0.15) is 15.4 Å².